The Morgan fingerprint density at radius 3 is 1.96 bits per heavy atom. The van der Waals surface area contributed by atoms with Crippen molar-refractivity contribution in [2.75, 3.05) is 26.7 Å². The Labute approximate surface area is 412 Å². The highest BCUT2D eigenvalue weighted by Crippen LogP contribution is 2.39. The van der Waals surface area contributed by atoms with Crippen LogP contribution in [0.25, 0.3) is 11.4 Å². The van der Waals surface area contributed by atoms with Gasteiger partial charge < -0.3 is 25.3 Å². The average molecular weight is 975 g/mol. The average Bonchev–Trinajstić information content (AvgIpc) is 4.15. The van der Waals surface area contributed by atoms with Crippen LogP contribution in [0.3, 0.4) is 0 Å². The summed E-state index contributed by atoms with van der Waals surface area (Å²) >= 11 is 0. The van der Waals surface area contributed by atoms with Crippen LogP contribution in [0.15, 0.2) is 130 Å². The number of carbonyl (C=O) groups excluding carboxylic acids is 5. The van der Waals surface area contributed by atoms with Crippen LogP contribution in [0.4, 0.5) is 17.1 Å². The minimum Gasteiger partial charge on any atom is -0.504 e. The van der Waals surface area contributed by atoms with Crippen molar-refractivity contribution < 1.29 is 39.1 Å². The summed E-state index contributed by atoms with van der Waals surface area (Å²) in [7, 11) is 1.66. The molecule has 21 nitrogen and oxygen atoms in total. The molecule has 6 aromatic rings. The fourth-order valence-corrected chi connectivity index (χ4v) is 7.42. The third-order valence-corrected chi connectivity index (χ3v) is 11.7. The van der Waals surface area contributed by atoms with Gasteiger partial charge in [0.25, 0.3) is 5.91 Å². The molecule has 2 heterocycles. The summed E-state index contributed by atoms with van der Waals surface area (Å²) in [6.45, 7) is 4.03. The Morgan fingerprint density at radius 1 is 0.722 bits per heavy atom. The highest BCUT2D eigenvalue weighted by molar-refractivity contribution is 6.09. The second-order valence-electron chi connectivity index (χ2n) is 17.2. The lowest BCUT2D eigenvalue weighted by Crippen LogP contribution is -2.41. The fraction of sp³-hybridized carbons (Fsp3) is 0.275. The van der Waals surface area contributed by atoms with Crippen molar-refractivity contribution in [3.63, 3.8) is 0 Å². The van der Waals surface area contributed by atoms with E-state index in [1.165, 1.54) is 17.0 Å². The maximum Gasteiger partial charge on any atom is 0.315 e. The largest absolute Gasteiger partial charge is 0.504 e. The molecule has 21 heteroatoms. The Hall–Kier alpha value is -9.01. The molecule has 0 saturated carbocycles. The number of nitrogens with one attached hydrogen (secondary N) is 1. The lowest BCUT2D eigenvalue weighted by Gasteiger charge is -2.22. The van der Waals surface area contributed by atoms with Crippen molar-refractivity contribution in [1.29, 1.82) is 0 Å². The van der Waals surface area contributed by atoms with Gasteiger partial charge in [0.1, 0.15) is 0 Å². The highest BCUT2D eigenvalue weighted by atomic mass is 16.6. The van der Waals surface area contributed by atoms with Gasteiger partial charge in [-0.2, -0.15) is 20.5 Å². The molecule has 0 saturated heterocycles. The molecule has 0 unspecified atom stereocenters. The number of nitro groups is 1. The zero-order chi connectivity index (χ0) is 51.4. The molecule has 1 aliphatic heterocycles. The second kappa shape index (κ2) is 23.1. The SMILES string of the molecule is Cc1nnc(-c2ccc(C(=O)CCCN(CC(=O)NCCCCCC(=O)N(C)Cc3ccc(C(=O)c4cc(O)c(O)c([N+](=O)[O-])c4)cc3)C(=O)c3ccc(N=Nc4ccc(C5(C)N=N5)cc4)cc3)cc2)nn1. The number of phenolic OH excluding ortho intramolecular Hbond substituents is 2. The zero-order valence-corrected chi connectivity index (χ0v) is 39.6. The molecule has 0 fully saturated rings. The van der Waals surface area contributed by atoms with Crippen LogP contribution in [0, 0.1) is 17.0 Å². The third kappa shape index (κ3) is 13.4. The molecule has 0 radical (unpaired) electrons. The van der Waals surface area contributed by atoms with Crippen molar-refractivity contribution in [3.05, 3.63) is 159 Å². The van der Waals surface area contributed by atoms with Crippen LogP contribution >= 0.6 is 0 Å². The van der Waals surface area contributed by atoms with Crippen LogP contribution in [-0.2, 0) is 21.8 Å². The number of carbonyl (C=O) groups is 5. The fourth-order valence-electron chi connectivity index (χ4n) is 7.42. The Morgan fingerprint density at radius 2 is 1.33 bits per heavy atom. The number of hydrogen-bond acceptors (Lipinski definition) is 17. The maximum atomic E-state index is 13.9. The number of benzene rings is 5. The second-order valence-corrected chi connectivity index (χ2v) is 17.2. The predicted octanol–water partition coefficient (Wildman–Crippen LogP) is 8.29. The minimum absolute atomic E-state index is 0.111. The molecule has 72 heavy (non-hydrogen) atoms. The number of phenols is 2. The molecule has 1 aromatic heterocycles. The summed E-state index contributed by atoms with van der Waals surface area (Å²) in [4.78, 5) is 79.6. The third-order valence-electron chi connectivity index (χ3n) is 11.7. The molecular formula is C51H50N12O9. The van der Waals surface area contributed by atoms with E-state index in [-0.39, 0.29) is 67.6 Å². The summed E-state index contributed by atoms with van der Waals surface area (Å²) < 4.78 is 0. The van der Waals surface area contributed by atoms with Crippen LogP contribution < -0.4 is 5.32 Å². The number of Topliss-reactive ketones (excluding diaryl/α,β-unsaturated/α-hetero) is 1. The maximum absolute atomic E-state index is 13.9. The van der Waals surface area contributed by atoms with E-state index in [1.54, 1.807) is 79.5 Å². The first kappa shape index (κ1) is 50.9. The van der Waals surface area contributed by atoms with Crippen LogP contribution in [-0.4, -0.2) is 101 Å². The van der Waals surface area contributed by atoms with Gasteiger partial charge in [-0.15, -0.1) is 20.4 Å². The number of hydrogen-bond donors (Lipinski definition) is 3. The van der Waals surface area contributed by atoms with Crippen LogP contribution in [0.5, 0.6) is 11.5 Å². The van der Waals surface area contributed by atoms with Crippen molar-refractivity contribution in [3.8, 4) is 22.9 Å². The number of nitro benzene ring substituents is 1. The summed E-state index contributed by atoms with van der Waals surface area (Å²) in [6.07, 6.45) is 2.43. The van der Waals surface area contributed by atoms with Crippen molar-refractivity contribution in [2.24, 2.45) is 20.5 Å². The Balaban J connectivity index is 0.878. The van der Waals surface area contributed by atoms with E-state index in [4.69, 9.17) is 0 Å². The van der Waals surface area contributed by atoms with Gasteiger partial charge in [0.15, 0.2) is 23.1 Å². The van der Waals surface area contributed by atoms with Gasteiger partial charge in [-0.1, -0.05) is 67.1 Å². The van der Waals surface area contributed by atoms with Crippen LogP contribution in [0.1, 0.15) is 99.0 Å². The Kier molecular flexibility index (Phi) is 16.3. The Bertz CT molecular complexity index is 3010. The van der Waals surface area contributed by atoms with Crippen molar-refractivity contribution in [2.45, 2.75) is 64.6 Å². The predicted molar refractivity (Wildman–Crippen MR) is 261 cm³/mol. The number of rotatable bonds is 23. The molecule has 3 N–H and O–H groups in total. The van der Waals surface area contributed by atoms with Gasteiger partial charge in [-0.05, 0) is 81.1 Å². The number of ketones is 2. The first-order valence-electron chi connectivity index (χ1n) is 22.9. The molecule has 0 aliphatic carbocycles. The van der Waals surface area contributed by atoms with Gasteiger partial charge >= 0.3 is 5.69 Å². The number of aromatic nitrogens is 4. The van der Waals surface area contributed by atoms with Gasteiger partial charge in [0.2, 0.25) is 29.1 Å². The number of unbranched alkanes of at least 4 members (excludes halogenated alkanes) is 2. The lowest BCUT2D eigenvalue weighted by atomic mass is 10.0. The molecule has 368 valence electrons. The molecule has 7 rings (SSSR count). The topological polar surface area (TPSA) is 288 Å². The van der Waals surface area contributed by atoms with Gasteiger partial charge in [-0.3, -0.25) is 34.1 Å². The normalized spacial score (nSPS) is 12.3. The zero-order valence-electron chi connectivity index (χ0n) is 39.6. The monoisotopic (exact) mass is 974 g/mol. The van der Waals surface area contributed by atoms with Gasteiger partial charge in [0.05, 0.1) is 22.8 Å². The van der Waals surface area contributed by atoms with E-state index in [1.807, 2.05) is 31.2 Å². The number of azo groups is 1. The van der Waals surface area contributed by atoms with E-state index in [2.05, 4.69) is 46.2 Å². The molecule has 0 bridgehead atoms. The molecule has 3 amide bonds. The lowest BCUT2D eigenvalue weighted by molar-refractivity contribution is -0.386. The molecule has 0 spiro atoms. The summed E-state index contributed by atoms with van der Waals surface area (Å²) in [6, 6.07) is 28.9. The number of aryl methyl sites for hydroxylation is 1. The van der Waals surface area contributed by atoms with E-state index in [0.717, 1.165) is 23.3 Å². The standard InChI is InChI=1S/C51H50N12O9/c1-32-53-57-49(58-54-32)36-16-14-34(15-17-36)43(64)8-7-27-62(50(70)37-18-22-40(23-19-37)55-56-41-24-20-39(21-25-41)51(2)59-60-51)31-45(66)52-26-6-4-5-9-46(67)61(3)30-33-10-12-35(13-11-33)47(68)38-28-42(63(71)72)48(69)44(65)29-38/h10-25,28-29,65,69H,4-9,26-27,30-31H2,1-3H3,(H,52,66). The quantitative estimate of drug-likeness (QED) is 0.0136. The summed E-state index contributed by atoms with van der Waals surface area (Å²) in [5.41, 5.74) is 3.00. The molecule has 1 aliphatic rings. The first-order chi connectivity index (χ1) is 34.6. The number of amides is 3. The van der Waals surface area contributed by atoms with Crippen molar-refractivity contribution >= 4 is 46.4 Å². The van der Waals surface area contributed by atoms with E-state index < -0.39 is 39.5 Å². The van der Waals surface area contributed by atoms with E-state index in [0.29, 0.717) is 65.5 Å². The number of nitrogens with zero attached hydrogens (tertiary/aromatic N) is 11. The van der Waals surface area contributed by atoms with E-state index in [9.17, 15) is 44.3 Å². The van der Waals surface area contributed by atoms with Crippen molar-refractivity contribution in [1.82, 2.24) is 35.5 Å². The van der Waals surface area contributed by atoms with Crippen LogP contribution in [0.2, 0.25) is 0 Å². The summed E-state index contributed by atoms with van der Waals surface area (Å²) in [5.74, 6) is -2.58. The summed E-state index contributed by atoms with van der Waals surface area (Å²) in [5, 5.41) is 66.4. The smallest absolute Gasteiger partial charge is 0.315 e. The molecular weight excluding hydrogens is 925 g/mol. The molecule has 5 aromatic carbocycles. The molecule has 0 atom stereocenters. The highest BCUT2D eigenvalue weighted by Gasteiger charge is 2.35. The number of aromatic hydroxyl groups is 2. The van der Waals surface area contributed by atoms with E-state index >= 15 is 0 Å². The first-order valence-corrected chi connectivity index (χ1v) is 22.9. The van der Waals surface area contributed by atoms with Gasteiger partial charge in [0, 0.05) is 79.0 Å². The van der Waals surface area contributed by atoms with Gasteiger partial charge in [-0.25, -0.2) is 0 Å². The minimum atomic E-state index is -0.929.